The first-order valence-electron chi connectivity index (χ1n) is 9.62. The van der Waals surface area contributed by atoms with Gasteiger partial charge in [-0.25, -0.2) is 0 Å². The van der Waals surface area contributed by atoms with Gasteiger partial charge in [0.2, 0.25) is 0 Å². The fourth-order valence-electron chi connectivity index (χ4n) is 3.25. The molecule has 2 aromatic carbocycles. The Kier molecular flexibility index (Phi) is 6.84. The smallest absolute Gasteiger partial charge is 0.190 e. The molecule has 1 heterocycles. The molecule has 0 aliphatic heterocycles. The van der Waals surface area contributed by atoms with E-state index in [2.05, 4.69) is 70.0 Å². The van der Waals surface area contributed by atoms with Gasteiger partial charge in [0.05, 0.1) is 12.6 Å². The third-order valence-electron chi connectivity index (χ3n) is 4.81. The number of pyridine rings is 1. The molecule has 0 atom stereocenters. The lowest BCUT2D eigenvalue weighted by Gasteiger charge is -2.13. The number of hydrogen-bond donors (Lipinski definition) is 2. The standard InChI is InChI=1S/C23H28N4O/c1-17-9-10-18(16-21(17)28-3)11-14-26-23(24-2)27-15-12-20-7-4-6-19-8-5-13-25-22(19)20/h4-10,13,16H,11-12,14-15H2,1-3H3,(H2,24,26,27). The van der Waals surface area contributed by atoms with Crippen molar-refractivity contribution in [1.29, 1.82) is 0 Å². The lowest BCUT2D eigenvalue weighted by atomic mass is 10.1. The number of hydrogen-bond acceptors (Lipinski definition) is 3. The van der Waals surface area contributed by atoms with Gasteiger partial charge >= 0.3 is 0 Å². The summed E-state index contributed by atoms with van der Waals surface area (Å²) in [4.78, 5) is 8.83. The number of rotatable bonds is 7. The number of aliphatic imine (C=N–C) groups is 1. The number of nitrogens with zero attached hydrogens (tertiary/aromatic N) is 2. The van der Waals surface area contributed by atoms with Gasteiger partial charge in [-0.05, 0) is 48.6 Å². The maximum absolute atomic E-state index is 5.40. The van der Waals surface area contributed by atoms with Crippen molar-refractivity contribution in [3.05, 3.63) is 71.4 Å². The highest BCUT2D eigenvalue weighted by atomic mass is 16.5. The fourth-order valence-corrected chi connectivity index (χ4v) is 3.25. The lowest BCUT2D eigenvalue weighted by molar-refractivity contribution is 0.411. The summed E-state index contributed by atoms with van der Waals surface area (Å²) >= 11 is 0. The Hall–Kier alpha value is -3.08. The predicted molar refractivity (Wildman–Crippen MR) is 116 cm³/mol. The zero-order chi connectivity index (χ0) is 19.8. The second-order valence-electron chi connectivity index (χ2n) is 6.72. The molecule has 0 amide bonds. The average molecular weight is 377 g/mol. The first kappa shape index (κ1) is 19.7. The maximum atomic E-state index is 5.40. The molecule has 146 valence electrons. The number of nitrogens with one attached hydrogen (secondary N) is 2. The molecule has 2 N–H and O–H groups in total. The summed E-state index contributed by atoms with van der Waals surface area (Å²) in [6, 6.07) is 16.7. The number of aromatic nitrogens is 1. The maximum Gasteiger partial charge on any atom is 0.190 e. The molecule has 0 radical (unpaired) electrons. The second-order valence-corrected chi connectivity index (χ2v) is 6.72. The van der Waals surface area contributed by atoms with Crippen LogP contribution in [0.2, 0.25) is 0 Å². The summed E-state index contributed by atoms with van der Waals surface area (Å²) in [5, 5.41) is 7.94. The Balaban J connectivity index is 1.48. The number of ether oxygens (including phenoxy) is 1. The minimum Gasteiger partial charge on any atom is -0.496 e. The van der Waals surface area contributed by atoms with E-state index in [1.54, 1.807) is 14.2 Å². The van der Waals surface area contributed by atoms with Crippen molar-refractivity contribution in [3.8, 4) is 5.75 Å². The van der Waals surface area contributed by atoms with Crippen molar-refractivity contribution in [1.82, 2.24) is 15.6 Å². The molecule has 28 heavy (non-hydrogen) atoms. The summed E-state index contributed by atoms with van der Waals surface area (Å²) in [5.41, 5.74) is 4.71. The Morgan fingerprint density at radius 2 is 1.82 bits per heavy atom. The number of methoxy groups -OCH3 is 1. The third kappa shape index (κ3) is 5.00. The van der Waals surface area contributed by atoms with E-state index in [1.807, 2.05) is 12.3 Å². The van der Waals surface area contributed by atoms with Gasteiger partial charge in [-0.15, -0.1) is 0 Å². The Bertz CT molecular complexity index is 947. The van der Waals surface area contributed by atoms with Crippen molar-refractivity contribution in [2.24, 2.45) is 4.99 Å². The normalized spacial score (nSPS) is 11.5. The molecule has 0 fully saturated rings. The molecule has 3 aromatic rings. The summed E-state index contributed by atoms with van der Waals surface area (Å²) in [6.45, 7) is 3.66. The molecule has 0 bridgehead atoms. The van der Waals surface area contributed by atoms with Crippen LogP contribution in [0.15, 0.2) is 59.7 Å². The van der Waals surface area contributed by atoms with E-state index in [0.29, 0.717) is 0 Å². The van der Waals surface area contributed by atoms with Gasteiger partial charge in [0.15, 0.2) is 5.96 Å². The number of benzene rings is 2. The molecular formula is C23H28N4O. The van der Waals surface area contributed by atoms with E-state index in [-0.39, 0.29) is 0 Å². The lowest BCUT2D eigenvalue weighted by Crippen LogP contribution is -2.39. The monoisotopic (exact) mass is 376 g/mol. The zero-order valence-electron chi connectivity index (χ0n) is 16.8. The Morgan fingerprint density at radius 3 is 2.61 bits per heavy atom. The first-order chi connectivity index (χ1) is 13.7. The molecular weight excluding hydrogens is 348 g/mol. The minimum atomic E-state index is 0.799. The minimum absolute atomic E-state index is 0.799. The molecule has 0 spiro atoms. The first-order valence-corrected chi connectivity index (χ1v) is 9.62. The number of aryl methyl sites for hydroxylation is 1. The molecule has 0 aliphatic rings. The van der Waals surface area contributed by atoms with Crippen LogP contribution in [0.4, 0.5) is 0 Å². The van der Waals surface area contributed by atoms with E-state index in [1.165, 1.54) is 16.5 Å². The molecule has 0 aliphatic carbocycles. The molecule has 1 aromatic heterocycles. The van der Waals surface area contributed by atoms with E-state index >= 15 is 0 Å². The quantitative estimate of drug-likeness (QED) is 0.489. The Labute approximate surface area is 166 Å². The molecule has 0 saturated heterocycles. The van der Waals surface area contributed by atoms with Crippen molar-refractivity contribution in [2.45, 2.75) is 19.8 Å². The van der Waals surface area contributed by atoms with E-state index in [4.69, 9.17) is 4.74 Å². The molecule has 0 saturated carbocycles. The van der Waals surface area contributed by atoms with Crippen LogP contribution in [0.1, 0.15) is 16.7 Å². The van der Waals surface area contributed by atoms with Crippen LogP contribution in [-0.2, 0) is 12.8 Å². The van der Waals surface area contributed by atoms with Crippen LogP contribution in [0.3, 0.4) is 0 Å². The van der Waals surface area contributed by atoms with Gasteiger partial charge in [-0.3, -0.25) is 9.98 Å². The topological polar surface area (TPSA) is 58.5 Å². The molecule has 0 unspecified atom stereocenters. The van der Waals surface area contributed by atoms with Crippen molar-refractivity contribution >= 4 is 16.9 Å². The van der Waals surface area contributed by atoms with Gasteiger partial charge < -0.3 is 15.4 Å². The van der Waals surface area contributed by atoms with Crippen LogP contribution < -0.4 is 15.4 Å². The number of guanidine groups is 1. The summed E-state index contributed by atoms with van der Waals surface area (Å²) in [5.74, 6) is 1.75. The zero-order valence-corrected chi connectivity index (χ0v) is 16.8. The van der Waals surface area contributed by atoms with Crippen LogP contribution in [-0.4, -0.2) is 38.2 Å². The van der Waals surface area contributed by atoms with E-state index in [0.717, 1.165) is 48.7 Å². The van der Waals surface area contributed by atoms with Gasteiger partial charge in [0.1, 0.15) is 5.75 Å². The largest absolute Gasteiger partial charge is 0.496 e. The highest BCUT2D eigenvalue weighted by Crippen LogP contribution is 2.19. The summed E-state index contributed by atoms with van der Waals surface area (Å²) in [6.07, 6.45) is 3.65. The number of para-hydroxylation sites is 1. The van der Waals surface area contributed by atoms with Crippen LogP contribution in [0.5, 0.6) is 5.75 Å². The third-order valence-corrected chi connectivity index (χ3v) is 4.81. The Morgan fingerprint density at radius 1 is 1.04 bits per heavy atom. The van der Waals surface area contributed by atoms with Crippen LogP contribution in [0.25, 0.3) is 10.9 Å². The van der Waals surface area contributed by atoms with Gasteiger partial charge in [0, 0.05) is 31.7 Å². The molecule has 5 heteroatoms. The average Bonchev–Trinajstić information content (AvgIpc) is 2.74. The van der Waals surface area contributed by atoms with Crippen molar-refractivity contribution in [3.63, 3.8) is 0 Å². The predicted octanol–water partition coefficient (Wildman–Crippen LogP) is 3.50. The van der Waals surface area contributed by atoms with Gasteiger partial charge in [-0.2, -0.15) is 0 Å². The fraction of sp³-hybridized carbons (Fsp3) is 0.304. The van der Waals surface area contributed by atoms with Gasteiger partial charge in [0.25, 0.3) is 0 Å². The summed E-state index contributed by atoms with van der Waals surface area (Å²) < 4.78 is 5.40. The van der Waals surface area contributed by atoms with Crippen molar-refractivity contribution in [2.75, 3.05) is 27.2 Å². The van der Waals surface area contributed by atoms with Gasteiger partial charge in [-0.1, -0.05) is 36.4 Å². The molecule has 5 nitrogen and oxygen atoms in total. The van der Waals surface area contributed by atoms with E-state index < -0.39 is 0 Å². The second kappa shape index (κ2) is 9.74. The summed E-state index contributed by atoms with van der Waals surface area (Å²) in [7, 11) is 3.51. The number of fused-ring (bicyclic) bond motifs is 1. The van der Waals surface area contributed by atoms with Crippen LogP contribution >= 0.6 is 0 Å². The SMILES string of the molecule is CN=C(NCCc1ccc(C)c(OC)c1)NCCc1cccc2cccnc12. The van der Waals surface area contributed by atoms with Crippen molar-refractivity contribution < 1.29 is 4.74 Å². The van der Waals surface area contributed by atoms with Crippen LogP contribution in [0, 0.1) is 6.92 Å². The molecule has 3 rings (SSSR count). The van der Waals surface area contributed by atoms with E-state index in [9.17, 15) is 0 Å². The highest BCUT2D eigenvalue weighted by Gasteiger charge is 2.04. The highest BCUT2D eigenvalue weighted by molar-refractivity contribution is 5.82.